The standard InChI is InChI=1S/C14H23FN2/c1-11-10-13(4-5-14(11)15)7-9-17(3)12(2)6-8-16/h4-5,10,12H,6-9,16H2,1-3H3. The SMILES string of the molecule is Cc1cc(CCN(C)C(C)CCN)ccc1F. The van der Waals surface area contributed by atoms with Gasteiger partial charge in [-0.25, -0.2) is 4.39 Å². The number of rotatable bonds is 6. The van der Waals surface area contributed by atoms with Crippen molar-refractivity contribution in [3.63, 3.8) is 0 Å². The van der Waals surface area contributed by atoms with E-state index < -0.39 is 0 Å². The van der Waals surface area contributed by atoms with Crippen LogP contribution in [0.25, 0.3) is 0 Å². The molecule has 0 aliphatic carbocycles. The molecule has 0 bridgehead atoms. The van der Waals surface area contributed by atoms with Gasteiger partial charge in [-0.2, -0.15) is 0 Å². The predicted octanol–water partition coefficient (Wildman–Crippen LogP) is 2.35. The largest absolute Gasteiger partial charge is 0.330 e. The molecule has 1 atom stereocenters. The molecule has 2 nitrogen and oxygen atoms in total. The summed E-state index contributed by atoms with van der Waals surface area (Å²) < 4.78 is 13.1. The second-order valence-corrected chi connectivity index (χ2v) is 4.74. The van der Waals surface area contributed by atoms with Crippen molar-refractivity contribution in [3.8, 4) is 0 Å². The van der Waals surface area contributed by atoms with Gasteiger partial charge in [0.15, 0.2) is 0 Å². The first-order valence-corrected chi connectivity index (χ1v) is 6.20. The molecule has 0 heterocycles. The topological polar surface area (TPSA) is 29.3 Å². The minimum Gasteiger partial charge on any atom is -0.330 e. The van der Waals surface area contributed by atoms with E-state index in [1.54, 1.807) is 13.0 Å². The van der Waals surface area contributed by atoms with Gasteiger partial charge in [-0.05, 0) is 57.5 Å². The summed E-state index contributed by atoms with van der Waals surface area (Å²) >= 11 is 0. The van der Waals surface area contributed by atoms with Gasteiger partial charge in [-0.15, -0.1) is 0 Å². The smallest absolute Gasteiger partial charge is 0.126 e. The molecular formula is C14H23FN2. The first-order valence-electron chi connectivity index (χ1n) is 6.20. The molecule has 17 heavy (non-hydrogen) atoms. The van der Waals surface area contributed by atoms with Crippen LogP contribution in [0, 0.1) is 12.7 Å². The zero-order chi connectivity index (χ0) is 12.8. The van der Waals surface area contributed by atoms with Crippen molar-refractivity contribution in [2.24, 2.45) is 5.73 Å². The van der Waals surface area contributed by atoms with E-state index in [1.165, 1.54) is 5.56 Å². The fraction of sp³-hybridized carbons (Fsp3) is 0.571. The lowest BCUT2D eigenvalue weighted by Crippen LogP contribution is -2.32. The Morgan fingerprint density at radius 3 is 2.71 bits per heavy atom. The normalized spacial score (nSPS) is 13.1. The Balaban J connectivity index is 2.47. The summed E-state index contributed by atoms with van der Waals surface area (Å²) in [6.07, 6.45) is 1.96. The number of nitrogens with two attached hydrogens (primary N) is 1. The van der Waals surface area contributed by atoms with Gasteiger partial charge in [0.05, 0.1) is 0 Å². The highest BCUT2D eigenvalue weighted by molar-refractivity contribution is 5.24. The Morgan fingerprint density at radius 1 is 1.41 bits per heavy atom. The Morgan fingerprint density at radius 2 is 2.12 bits per heavy atom. The average molecular weight is 238 g/mol. The van der Waals surface area contributed by atoms with Gasteiger partial charge in [0.2, 0.25) is 0 Å². The van der Waals surface area contributed by atoms with Gasteiger partial charge in [0, 0.05) is 12.6 Å². The highest BCUT2D eigenvalue weighted by Gasteiger charge is 2.08. The second-order valence-electron chi connectivity index (χ2n) is 4.74. The molecular weight excluding hydrogens is 215 g/mol. The van der Waals surface area contributed by atoms with Crippen molar-refractivity contribution in [1.82, 2.24) is 4.90 Å². The summed E-state index contributed by atoms with van der Waals surface area (Å²) in [5.41, 5.74) is 7.46. The maximum atomic E-state index is 13.1. The number of likely N-dealkylation sites (N-methyl/N-ethyl adjacent to an activating group) is 1. The van der Waals surface area contributed by atoms with E-state index in [2.05, 4.69) is 18.9 Å². The van der Waals surface area contributed by atoms with Crippen molar-refractivity contribution < 1.29 is 4.39 Å². The Bertz CT molecular complexity index is 352. The molecule has 0 aliphatic rings. The third kappa shape index (κ3) is 4.44. The van der Waals surface area contributed by atoms with Crippen LogP contribution in [0.2, 0.25) is 0 Å². The van der Waals surface area contributed by atoms with Crippen molar-refractivity contribution in [3.05, 3.63) is 35.1 Å². The van der Waals surface area contributed by atoms with Crippen LogP contribution in [0.15, 0.2) is 18.2 Å². The summed E-state index contributed by atoms with van der Waals surface area (Å²) in [6, 6.07) is 5.84. The molecule has 1 aromatic rings. The van der Waals surface area contributed by atoms with Crippen LogP contribution in [0.4, 0.5) is 4.39 Å². The zero-order valence-electron chi connectivity index (χ0n) is 11.0. The van der Waals surface area contributed by atoms with Gasteiger partial charge in [0.25, 0.3) is 0 Å². The summed E-state index contributed by atoms with van der Waals surface area (Å²) in [4.78, 5) is 2.30. The molecule has 1 unspecified atom stereocenters. The molecule has 96 valence electrons. The van der Waals surface area contributed by atoms with Crippen molar-refractivity contribution in [2.45, 2.75) is 32.7 Å². The number of hydrogen-bond acceptors (Lipinski definition) is 2. The number of benzene rings is 1. The Kier molecular flexibility index (Phi) is 5.59. The van der Waals surface area contributed by atoms with Crippen LogP contribution >= 0.6 is 0 Å². The number of aryl methyl sites for hydroxylation is 1. The third-order valence-corrected chi connectivity index (χ3v) is 3.31. The lowest BCUT2D eigenvalue weighted by Gasteiger charge is -2.24. The van der Waals surface area contributed by atoms with Crippen LogP contribution in [0.3, 0.4) is 0 Å². The number of nitrogens with zero attached hydrogens (tertiary/aromatic N) is 1. The fourth-order valence-electron chi connectivity index (χ4n) is 1.85. The third-order valence-electron chi connectivity index (χ3n) is 3.31. The quantitative estimate of drug-likeness (QED) is 0.824. The van der Waals surface area contributed by atoms with E-state index in [1.807, 2.05) is 12.1 Å². The van der Waals surface area contributed by atoms with Crippen LogP contribution in [-0.2, 0) is 6.42 Å². The van der Waals surface area contributed by atoms with E-state index in [9.17, 15) is 4.39 Å². The van der Waals surface area contributed by atoms with Crippen molar-refractivity contribution in [1.29, 1.82) is 0 Å². The van der Waals surface area contributed by atoms with Crippen LogP contribution in [0.1, 0.15) is 24.5 Å². The van der Waals surface area contributed by atoms with E-state index >= 15 is 0 Å². The predicted molar refractivity (Wildman–Crippen MR) is 70.6 cm³/mol. The van der Waals surface area contributed by atoms with Gasteiger partial charge >= 0.3 is 0 Å². The monoisotopic (exact) mass is 238 g/mol. The first-order chi connectivity index (χ1) is 8.04. The molecule has 2 N–H and O–H groups in total. The molecule has 3 heteroatoms. The maximum absolute atomic E-state index is 13.1. The zero-order valence-corrected chi connectivity index (χ0v) is 11.0. The Labute approximate surface area is 104 Å². The van der Waals surface area contributed by atoms with Gasteiger partial charge in [0.1, 0.15) is 5.82 Å². The Hall–Kier alpha value is -0.930. The van der Waals surface area contributed by atoms with E-state index in [4.69, 9.17) is 5.73 Å². The minimum atomic E-state index is -0.126. The maximum Gasteiger partial charge on any atom is 0.126 e. The highest BCUT2D eigenvalue weighted by Crippen LogP contribution is 2.10. The molecule has 0 saturated heterocycles. The van der Waals surface area contributed by atoms with Gasteiger partial charge < -0.3 is 10.6 Å². The molecule has 0 radical (unpaired) electrons. The molecule has 1 aromatic carbocycles. The van der Waals surface area contributed by atoms with Gasteiger partial charge in [-0.3, -0.25) is 0 Å². The molecule has 0 saturated carbocycles. The van der Waals surface area contributed by atoms with Crippen molar-refractivity contribution in [2.75, 3.05) is 20.1 Å². The molecule has 0 fully saturated rings. The molecule has 0 aliphatic heterocycles. The lowest BCUT2D eigenvalue weighted by atomic mass is 10.1. The van der Waals surface area contributed by atoms with Crippen LogP contribution in [0.5, 0.6) is 0 Å². The summed E-state index contributed by atoms with van der Waals surface area (Å²) in [5.74, 6) is -0.126. The van der Waals surface area contributed by atoms with Gasteiger partial charge in [-0.1, -0.05) is 12.1 Å². The fourth-order valence-corrected chi connectivity index (χ4v) is 1.85. The highest BCUT2D eigenvalue weighted by atomic mass is 19.1. The van der Waals surface area contributed by atoms with E-state index in [0.717, 1.165) is 31.5 Å². The summed E-state index contributed by atoms with van der Waals surface area (Å²) in [7, 11) is 2.11. The van der Waals surface area contributed by atoms with Crippen LogP contribution < -0.4 is 5.73 Å². The first kappa shape index (κ1) is 14.1. The minimum absolute atomic E-state index is 0.126. The number of hydrogen-bond donors (Lipinski definition) is 1. The summed E-state index contributed by atoms with van der Waals surface area (Å²) in [5, 5.41) is 0. The molecule has 0 amide bonds. The second kappa shape index (κ2) is 6.72. The van der Waals surface area contributed by atoms with Crippen LogP contribution in [-0.4, -0.2) is 31.1 Å². The molecule has 0 spiro atoms. The summed E-state index contributed by atoms with van der Waals surface area (Å²) in [6.45, 7) is 5.69. The molecule has 1 rings (SSSR count). The van der Waals surface area contributed by atoms with Crippen molar-refractivity contribution >= 4 is 0 Å². The number of halogens is 1. The lowest BCUT2D eigenvalue weighted by molar-refractivity contribution is 0.251. The molecule has 0 aromatic heterocycles. The average Bonchev–Trinajstić information content (AvgIpc) is 2.30. The van der Waals surface area contributed by atoms with E-state index in [0.29, 0.717) is 6.04 Å². The van der Waals surface area contributed by atoms with E-state index in [-0.39, 0.29) is 5.82 Å².